The van der Waals surface area contributed by atoms with Crippen LogP contribution >= 0.6 is 0 Å². The molecule has 0 aromatic heterocycles. The van der Waals surface area contributed by atoms with Crippen molar-refractivity contribution in [2.75, 3.05) is 19.8 Å². The van der Waals surface area contributed by atoms with Crippen molar-refractivity contribution in [2.45, 2.75) is 32.3 Å². The number of aliphatic carboxylic acids is 1. The van der Waals surface area contributed by atoms with E-state index in [2.05, 4.69) is 6.58 Å². The van der Waals surface area contributed by atoms with Gasteiger partial charge in [0.25, 0.3) is 0 Å². The second-order valence-corrected chi connectivity index (χ2v) is 4.04. The highest BCUT2D eigenvalue weighted by Crippen LogP contribution is 2.36. The lowest BCUT2D eigenvalue weighted by Gasteiger charge is -2.43. The van der Waals surface area contributed by atoms with Gasteiger partial charge in [0.05, 0.1) is 30.8 Å². The van der Waals surface area contributed by atoms with Gasteiger partial charge in [0.15, 0.2) is 0 Å². The molecule has 0 aliphatic heterocycles. The molecule has 18 heavy (non-hydrogen) atoms. The van der Waals surface area contributed by atoms with Crippen molar-refractivity contribution in [1.29, 1.82) is 0 Å². The first-order valence-corrected chi connectivity index (χ1v) is 5.73. The van der Waals surface area contributed by atoms with Gasteiger partial charge in [-0.1, -0.05) is 20.4 Å². The maximum atomic E-state index is 10.1. The molecule has 0 bridgehead atoms. The van der Waals surface area contributed by atoms with Gasteiger partial charge in [-0.3, -0.25) is 0 Å². The monoisotopic (exact) mass is 264 g/mol. The molecule has 0 amide bonds. The lowest BCUT2D eigenvalue weighted by molar-refractivity contribution is -0.156. The lowest BCUT2D eigenvalue weighted by atomic mass is 9.70. The summed E-state index contributed by atoms with van der Waals surface area (Å²) < 4.78 is 0. The number of aliphatic hydroxyl groups excluding tert-OH is 3. The Balaban J connectivity index is 0. The Morgan fingerprint density at radius 1 is 1.11 bits per heavy atom. The maximum Gasteiger partial charge on any atom is 0.327 e. The topological polar surface area (TPSA) is 118 Å². The van der Waals surface area contributed by atoms with E-state index in [1.54, 1.807) is 13.8 Å². The van der Waals surface area contributed by atoms with Crippen LogP contribution in [0.4, 0.5) is 0 Å². The number of rotatable bonds is 7. The van der Waals surface area contributed by atoms with Crippen molar-refractivity contribution in [1.82, 2.24) is 0 Å². The molecular weight excluding hydrogens is 240 g/mol. The highest BCUT2D eigenvalue weighted by atomic mass is 16.4. The summed E-state index contributed by atoms with van der Waals surface area (Å²) in [5.74, 6) is -0.981. The average Bonchev–Trinajstić information content (AvgIpc) is 2.41. The van der Waals surface area contributed by atoms with E-state index in [4.69, 9.17) is 20.4 Å². The van der Waals surface area contributed by atoms with Crippen LogP contribution in [0.15, 0.2) is 12.7 Å². The molecule has 0 spiro atoms. The zero-order valence-electron chi connectivity index (χ0n) is 11.0. The summed E-state index contributed by atoms with van der Waals surface area (Å²) in [6.45, 7) is 5.23. The summed E-state index contributed by atoms with van der Waals surface area (Å²) in [6, 6.07) is 0. The van der Waals surface area contributed by atoms with Crippen molar-refractivity contribution >= 4 is 5.97 Å². The van der Waals surface area contributed by atoms with Crippen LogP contribution < -0.4 is 0 Å². The molecule has 0 aliphatic rings. The van der Waals surface area contributed by atoms with E-state index in [0.29, 0.717) is 12.8 Å². The Bertz CT molecular complexity index is 235. The third kappa shape index (κ3) is 4.73. The second-order valence-electron chi connectivity index (χ2n) is 4.04. The quantitative estimate of drug-likeness (QED) is 0.405. The maximum absolute atomic E-state index is 10.1. The van der Waals surface area contributed by atoms with E-state index in [0.717, 1.165) is 6.08 Å². The highest BCUT2D eigenvalue weighted by molar-refractivity contribution is 5.78. The van der Waals surface area contributed by atoms with E-state index in [9.17, 15) is 9.90 Å². The van der Waals surface area contributed by atoms with Gasteiger partial charge in [0, 0.05) is 6.08 Å². The number of hydrogen-bond acceptors (Lipinski definition) is 5. The van der Waals surface area contributed by atoms with Gasteiger partial charge >= 0.3 is 5.97 Å². The fourth-order valence-corrected chi connectivity index (χ4v) is 1.59. The molecule has 0 aromatic carbocycles. The van der Waals surface area contributed by atoms with Crippen LogP contribution in [0.1, 0.15) is 26.7 Å². The number of hydrogen-bond donors (Lipinski definition) is 5. The Labute approximate surface area is 107 Å². The molecule has 108 valence electrons. The van der Waals surface area contributed by atoms with Crippen LogP contribution in [-0.4, -0.2) is 56.9 Å². The van der Waals surface area contributed by atoms with Crippen molar-refractivity contribution in [3.63, 3.8) is 0 Å². The molecular formula is C12H24O6. The van der Waals surface area contributed by atoms with Crippen molar-refractivity contribution < 1.29 is 30.3 Å². The van der Waals surface area contributed by atoms with Gasteiger partial charge < -0.3 is 25.5 Å². The summed E-state index contributed by atoms with van der Waals surface area (Å²) >= 11 is 0. The predicted octanol–water partition coefficient (Wildman–Crippen LogP) is -0.242. The molecule has 0 radical (unpaired) electrons. The van der Waals surface area contributed by atoms with Crippen molar-refractivity contribution in [3.05, 3.63) is 12.7 Å². The normalized spacial score (nSPS) is 11.4. The van der Waals surface area contributed by atoms with Gasteiger partial charge in [-0.05, 0) is 12.8 Å². The summed E-state index contributed by atoms with van der Waals surface area (Å²) in [6.07, 6.45) is 1.62. The molecule has 0 aliphatic carbocycles. The summed E-state index contributed by atoms with van der Waals surface area (Å²) in [4.78, 5) is 9.25. The second kappa shape index (κ2) is 9.04. The average molecular weight is 264 g/mol. The zero-order valence-corrected chi connectivity index (χ0v) is 11.0. The predicted molar refractivity (Wildman–Crippen MR) is 67.1 cm³/mol. The fourth-order valence-electron chi connectivity index (χ4n) is 1.59. The van der Waals surface area contributed by atoms with Crippen LogP contribution in [-0.2, 0) is 4.79 Å². The standard InChI is InChI=1S/C9H20O4.C3H4O2/c1-3-9(13,4-2)8(5-10,6-11)7-12;1-2-3(4)5/h10-13H,3-7H2,1-2H3;2H,1H2,(H,4,5). The Hall–Kier alpha value is -0.950. The molecule has 0 saturated heterocycles. The summed E-state index contributed by atoms with van der Waals surface area (Å²) in [5.41, 5.74) is -2.40. The Kier molecular flexibility index (Phi) is 9.74. The van der Waals surface area contributed by atoms with Crippen LogP contribution in [0.3, 0.4) is 0 Å². The van der Waals surface area contributed by atoms with E-state index >= 15 is 0 Å². The third-order valence-corrected chi connectivity index (χ3v) is 3.24. The zero-order chi connectivity index (χ0) is 14.8. The lowest BCUT2D eigenvalue weighted by Crippen LogP contribution is -2.54. The van der Waals surface area contributed by atoms with E-state index in [-0.39, 0.29) is 0 Å². The van der Waals surface area contributed by atoms with E-state index in [1.807, 2.05) is 0 Å². The smallest absolute Gasteiger partial charge is 0.327 e. The number of aliphatic hydroxyl groups is 4. The van der Waals surface area contributed by atoms with Gasteiger partial charge in [-0.2, -0.15) is 0 Å². The molecule has 0 rings (SSSR count). The minimum atomic E-state index is -1.20. The minimum absolute atomic E-state index is 0.394. The molecule has 0 unspecified atom stereocenters. The number of carboxylic acids is 1. The largest absolute Gasteiger partial charge is 0.478 e. The number of carbonyl (C=O) groups is 1. The van der Waals surface area contributed by atoms with Gasteiger partial charge in [0.2, 0.25) is 0 Å². The molecule has 6 heteroatoms. The molecule has 0 atom stereocenters. The minimum Gasteiger partial charge on any atom is -0.478 e. The molecule has 0 saturated carbocycles. The first kappa shape index (κ1) is 19.4. The van der Waals surface area contributed by atoms with Crippen LogP contribution in [0.5, 0.6) is 0 Å². The SMILES string of the molecule is C=CC(=O)O.CCC(O)(CC)C(CO)(CO)CO. The third-order valence-electron chi connectivity index (χ3n) is 3.24. The van der Waals surface area contributed by atoms with E-state index in [1.165, 1.54) is 0 Å². The fraction of sp³-hybridized carbons (Fsp3) is 0.750. The molecule has 5 N–H and O–H groups in total. The Morgan fingerprint density at radius 2 is 1.39 bits per heavy atom. The Morgan fingerprint density at radius 3 is 1.44 bits per heavy atom. The van der Waals surface area contributed by atoms with Crippen LogP contribution in [0.25, 0.3) is 0 Å². The highest BCUT2D eigenvalue weighted by Gasteiger charge is 2.47. The van der Waals surface area contributed by atoms with Crippen LogP contribution in [0.2, 0.25) is 0 Å². The van der Waals surface area contributed by atoms with Crippen LogP contribution in [0, 0.1) is 5.41 Å². The van der Waals surface area contributed by atoms with Crippen molar-refractivity contribution in [3.8, 4) is 0 Å². The molecule has 0 fully saturated rings. The first-order chi connectivity index (χ1) is 8.32. The van der Waals surface area contributed by atoms with Gasteiger partial charge in [-0.15, -0.1) is 0 Å². The summed E-state index contributed by atoms with van der Waals surface area (Å²) in [7, 11) is 0. The van der Waals surface area contributed by atoms with Gasteiger partial charge in [-0.25, -0.2) is 4.79 Å². The molecule has 6 nitrogen and oxygen atoms in total. The molecule has 0 aromatic rings. The summed E-state index contributed by atoms with van der Waals surface area (Å²) in [5, 5.41) is 44.9. The first-order valence-electron chi connectivity index (χ1n) is 5.73. The van der Waals surface area contributed by atoms with E-state index < -0.39 is 36.8 Å². The van der Waals surface area contributed by atoms with Gasteiger partial charge in [0.1, 0.15) is 0 Å². The number of carboxylic acid groups (broad SMARTS) is 1. The van der Waals surface area contributed by atoms with Crippen molar-refractivity contribution in [2.24, 2.45) is 5.41 Å². The molecule has 0 heterocycles.